The van der Waals surface area contributed by atoms with Gasteiger partial charge >= 0.3 is 5.97 Å². The molecule has 0 amide bonds. The minimum atomic E-state index is -0.777. The van der Waals surface area contributed by atoms with Gasteiger partial charge in [0.05, 0.1) is 6.61 Å². The molecule has 0 aliphatic heterocycles. The first-order chi connectivity index (χ1) is 14.1. The van der Waals surface area contributed by atoms with Crippen molar-refractivity contribution in [1.82, 2.24) is 0 Å². The van der Waals surface area contributed by atoms with Crippen molar-refractivity contribution in [2.24, 2.45) is 5.73 Å². The van der Waals surface area contributed by atoms with Gasteiger partial charge in [-0.05, 0) is 44.9 Å². The van der Waals surface area contributed by atoms with E-state index < -0.39 is 5.54 Å². The van der Waals surface area contributed by atoms with E-state index in [-0.39, 0.29) is 5.97 Å². The van der Waals surface area contributed by atoms with E-state index in [0.29, 0.717) is 6.61 Å². The van der Waals surface area contributed by atoms with Gasteiger partial charge in [-0.3, -0.25) is 4.79 Å². The average Bonchev–Trinajstić information content (AvgIpc) is 2.72. The minimum Gasteiger partial charge on any atom is -0.464 e. The van der Waals surface area contributed by atoms with Gasteiger partial charge < -0.3 is 10.5 Å². The number of rotatable bonds is 21. The summed E-state index contributed by atoms with van der Waals surface area (Å²) < 4.78 is 5.44. The van der Waals surface area contributed by atoms with Gasteiger partial charge in [-0.1, -0.05) is 104 Å². The molecule has 2 N–H and O–H groups in total. The third-order valence-electron chi connectivity index (χ3n) is 5.75. The van der Waals surface area contributed by atoms with Crippen LogP contribution in [-0.2, 0) is 9.53 Å². The standard InChI is InChI=1S/C26H51NO2/c1-4-7-10-11-12-13-14-15-16-17-18-19-20-21-23-26(27,22-8-5-2)25(28)29-24-9-6-3/h15-16H,4-14,17-24,27H2,1-3H3/b16-15-. The van der Waals surface area contributed by atoms with E-state index in [1.807, 2.05) is 0 Å². The van der Waals surface area contributed by atoms with E-state index in [1.54, 1.807) is 0 Å². The SMILES string of the molecule is CCCCCCCC/C=C\CCCCCCC(N)(CCCC)C(=O)OCCCC. The first-order valence-electron chi connectivity index (χ1n) is 12.7. The number of hydrogen-bond acceptors (Lipinski definition) is 3. The van der Waals surface area contributed by atoms with Crippen LogP contribution >= 0.6 is 0 Å². The Morgan fingerprint density at radius 3 is 1.76 bits per heavy atom. The molecule has 0 aromatic rings. The van der Waals surface area contributed by atoms with Crippen LogP contribution in [0.2, 0.25) is 0 Å². The molecule has 0 aliphatic rings. The topological polar surface area (TPSA) is 52.3 Å². The molecule has 0 fully saturated rings. The van der Waals surface area contributed by atoms with Gasteiger partial charge in [0.1, 0.15) is 5.54 Å². The van der Waals surface area contributed by atoms with E-state index in [9.17, 15) is 4.79 Å². The van der Waals surface area contributed by atoms with Gasteiger partial charge in [0.2, 0.25) is 0 Å². The molecule has 0 radical (unpaired) electrons. The summed E-state index contributed by atoms with van der Waals surface area (Å²) in [5.74, 6) is -0.183. The van der Waals surface area contributed by atoms with Crippen LogP contribution in [0.1, 0.15) is 136 Å². The fourth-order valence-electron chi connectivity index (χ4n) is 3.61. The molecule has 3 nitrogen and oxygen atoms in total. The van der Waals surface area contributed by atoms with E-state index in [1.165, 1.54) is 64.2 Å². The highest BCUT2D eigenvalue weighted by Crippen LogP contribution is 2.22. The smallest absolute Gasteiger partial charge is 0.326 e. The molecule has 0 saturated carbocycles. The van der Waals surface area contributed by atoms with Crippen molar-refractivity contribution in [2.45, 2.75) is 142 Å². The van der Waals surface area contributed by atoms with Gasteiger partial charge in [0, 0.05) is 0 Å². The monoisotopic (exact) mass is 409 g/mol. The molecule has 0 saturated heterocycles. The van der Waals surface area contributed by atoms with Crippen molar-refractivity contribution in [3.05, 3.63) is 12.2 Å². The van der Waals surface area contributed by atoms with Crippen LogP contribution in [0, 0.1) is 0 Å². The number of carbonyl (C=O) groups is 1. The number of allylic oxidation sites excluding steroid dienone is 2. The molecule has 0 rings (SSSR count). The maximum atomic E-state index is 12.5. The fourth-order valence-corrected chi connectivity index (χ4v) is 3.61. The third kappa shape index (κ3) is 16.6. The molecule has 3 heteroatoms. The van der Waals surface area contributed by atoms with Crippen molar-refractivity contribution >= 4 is 5.97 Å². The Labute approximate surface area is 182 Å². The quantitative estimate of drug-likeness (QED) is 0.119. The van der Waals surface area contributed by atoms with Crippen LogP contribution in [0.3, 0.4) is 0 Å². The number of nitrogens with two attached hydrogens (primary N) is 1. The van der Waals surface area contributed by atoms with E-state index >= 15 is 0 Å². The number of carbonyl (C=O) groups excluding carboxylic acids is 1. The largest absolute Gasteiger partial charge is 0.464 e. The lowest BCUT2D eigenvalue weighted by Crippen LogP contribution is -2.49. The average molecular weight is 410 g/mol. The van der Waals surface area contributed by atoms with Gasteiger partial charge in [-0.2, -0.15) is 0 Å². The lowest BCUT2D eigenvalue weighted by molar-refractivity contribution is -0.151. The molecule has 0 aromatic carbocycles. The molecule has 29 heavy (non-hydrogen) atoms. The second-order valence-corrected chi connectivity index (χ2v) is 8.73. The lowest BCUT2D eigenvalue weighted by atomic mass is 9.87. The highest BCUT2D eigenvalue weighted by atomic mass is 16.5. The van der Waals surface area contributed by atoms with Crippen LogP contribution in [0.15, 0.2) is 12.2 Å². The Hall–Kier alpha value is -0.830. The van der Waals surface area contributed by atoms with E-state index in [0.717, 1.165) is 51.4 Å². The third-order valence-corrected chi connectivity index (χ3v) is 5.75. The molecule has 0 bridgehead atoms. The van der Waals surface area contributed by atoms with Crippen LogP contribution in [-0.4, -0.2) is 18.1 Å². The second kappa shape index (κ2) is 20.4. The zero-order chi connectivity index (χ0) is 21.6. The maximum Gasteiger partial charge on any atom is 0.326 e. The number of unbranched alkanes of at least 4 members (excludes halogenated alkanes) is 12. The summed E-state index contributed by atoms with van der Waals surface area (Å²) in [4.78, 5) is 12.5. The summed E-state index contributed by atoms with van der Waals surface area (Å²) in [5, 5.41) is 0. The molecule has 1 atom stereocenters. The van der Waals surface area contributed by atoms with E-state index in [4.69, 9.17) is 10.5 Å². The van der Waals surface area contributed by atoms with Crippen molar-refractivity contribution in [3.63, 3.8) is 0 Å². The highest BCUT2D eigenvalue weighted by Gasteiger charge is 2.34. The summed E-state index contributed by atoms with van der Waals surface area (Å²) in [6.45, 7) is 7.02. The highest BCUT2D eigenvalue weighted by molar-refractivity contribution is 5.80. The minimum absolute atomic E-state index is 0.183. The molecular formula is C26H51NO2. The van der Waals surface area contributed by atoms with Gasteiger partial charge in [-0.25, -0.2) is 0 Å². The van der Waals surface area contributed by atoms with Crippen molar-refractivity contribution in [2.75, 3.05) is 6.61 Å². The first kappa shape index (κ1) is 28.2. The van der Waals surface area contributed by atoms with Crippen molar-refractivity contribution < 1.29 is 9.53 Å². The Bertz CT molecular complexity index is 394. The Morgan fingerprint density at radius 2 is 1.17 bits per heavy atom. The molecule has 1 unspecified atom stereocenters. The Morgan fingerprint density at radius 1 is 0.690 bits per heavy atom. The molecule has 0 aromatic heterocycles. The maximum absolute atomic E-state index is 12.5. The lowest BCUT2D eigenvalue weighted by Gasteiger charge is -2.27. The summed E-state index contributed by atoms with van der Waals surface area (Å²) in [6.07, 6.45) is 25.5. The summed E-state index contributed by atoms with van der Waals surface area (Å²) in [5.41, 5.74) is 5.69. The van der Waals surface area contributed by atoms with Gasteiger partial charge in [0.15, 0.2) is 0 Å². The summed E-state index contributed by atoms with van der Waals surface area (Å²) in [7, 11) is 0. The molecule has 0 heterocycles. The zero-order valence-electron chi connectivity index (χ0n) is 20.0. The predicted molar refractivity (Wildman–Crippen MR) is 127 cm³/mol. The van der Waals surface area contributed by atoms with Gasteiger partial charge in [-0.15, -0.1) is 0 Å². The fraction of sp³-hybridized carbons (Fsp3) is 0.885. The van der Waals surface area contributed by atoms with Crippen molar-refractivity contribution in [1.29, 1.82) is 0 Å². The number of esters is 1. The van der Waals surface area contributed by atoms with Crippen LogP contribution in [0.4, 0.5) is 0 Å². The second-order valence-electron chi connectivity index (χ2n) is 8.73. The molecular weight excluding hydrogens is 358 g/mol. The summed E-state index contributed by atoms with van der Waals surface area (Å²) >= 11 is 0. The normalized spacial score (nSPS) is 13.7. The van der Waals surface area contributed by atoms with Crippen LogP contribution in [0.5, 0.6) is 0 Å². The van der Waals surface area contributed by atoms with E-state index in [2.05, 4.69) is 32.9 Å². The van der Waals surface area contributed by atoms with Crippen LogP contribution < -0.4 is 5.73 Å². The first-order valence-corrected chi connectivity index (χ1v) is 12.7. The predicted octanol–water partition coefficient (Wildman–Crippen LogP) is 7.86. The van der Waals surface area contributed by atoms with Gasteiger partial charge in [0.25, 0.3) is 0 Å². The van der Waals surface area contributed by atoms with Crippen molar-refractivity contribution in [3.8, 4) is 0 Å². The Kier molecular flexibility index (Phi) is 19.9. The molecule has 0 aliphatic carbocycles. The molecule has 172 valence electrons. The number of ether oxygens (including phenoxy) is 1. The van der Waals surface area contributed by atoms with Crippen LogP contribution in [0.25, 0.3) is 0 Å². The molecule has 0 spiro atoms. The zero-order valence-corrected chi connectivity index (χ0v) is 20.0. The Balaban J connectivity index is 3.83. The number of hydrogen-bond donors (Lipinski definition) is 1. The summed E-state index contributed by atoms with van der Waals surface area (Å²) in [6, 6.07) is 0.